The number of anilines is 1. The number of hydrogen-bond donors (Lipinski definition) is 1. The fourth-order valence-corrected chi connectivity index (χ4v) is 4.36. The van der Waals surface area contributed by atoms with Crippen LogP contribution in [0.2, 0.25) is 0 Å². The molecular formula is C27H35F2N3O5. The van der Waals surface area contributed by atoms with E-state index in [9.17, 15) is 18.4 Å². The molecule has 1 N–H and O–H groups in total. The number of benzene rings is 2. The van der Waals surface area contributed by atoms with Gasteiger partial charge in [0.25, 0.3) is 5.91 Å². The third kappa shape index (κ3) is 7.47. The maximum Gasteiger partial charge on any atom is 0.257 e. The number of amides is 2. The van der Waals surface area contributed by atoms with E-state index >= 15 is 0 Å². The van der Waals surface area contributed by atoms with Crippen LogP contribution in [-0.2, 0) is 20.8 Å². The molecule has 202 valence electrons. The van der Waals surface area contributed by atoms with E-state index < -0.39 is 11.6 Å². The molecule has 2 aromatic rings. The molecule has 37 heavy (non-hydrogen) atoms. The van der Waals surface area contributed by atoms with E-state index in [1.54, 1.807) is 37.3 Å². The second-order valence-corrected chi connectivity index (χ2v) is 9.45. The minimum Gasteiger partial charge on any atom is -0.491 e. The summed E-state index contributed by atoms with van der Waals surface area (Å²) in [5, 5.41) is 2.72. The van der Waals surface area contributed by atoms with Gasteiger partial charge in [0.2, 0.25) is 5.91 Å². The monoisotopic (exact) mass is 519 g/mol. The summed E-state index contributed by atoms with van der Waals surface area (Å²) in [7, 11) is 4.71. The molecular weight excluding hydrogens is 484 g/mol. The van der Waals surface area contributed by atoms with E-state index in [1.165, 1.54) is 13.2 Å². The Morgan fingerprint density at radius 3 is 2.59 bits per heavy atom. The lowest BCUT2D eigenvalue weighted by Gasteiger charge is -2.36. The number of carbonyl (C=O) groups excluding carboxylic acids is 2. The predicted molar refractivity (Wildman–Crippen MR) is 136 cm³/mol. The summed E-state index contributed by atoms with van der Waals surface area (Å²) >= 11 is 0. The summed E-state index contributed by atoms with van der Waals surface area (Å²) in [5.41, 5.74) is 1.04. The third-order valence-electron chi connectivity index (χ3n) is 6.52. The summed E-state index contributed by atoms with van der Waals surface area (Å²) in [6.45, 7) is 4.97. The molecule has 0 unspecified atom stereocenters. The van der Waals surface area contributed by atoms with Crippen LogP contribution >= 0.6 is 0 Å². The minimum absolute atomic E-state index is 0.0309. The van der Waals surface area contributed by atoms with Gasteiger partial charge in [0.1, 0.15) is 30.6 Å². The number of nitrogens with one attached hydrogen (secondary N) is 1. The fourth-order valence-electron chi connectivity index (χ4n) is 4.36. The van der Waals surface area contributed by atoms with Gasteiger partial charge in [0.05, 0.1) is 11.7 Å². The Kier molecular flexibility index (Phi) is 9.96. The third-order valence-corrected chi connectivity index (χ3v) is 6.52. The highest BCUT2D eigenvalue weighted by molar-refractivity contribution is 5.98. The molecule has 0 saturated heterocycles. The molecule has 0 radical (unpaired) electrons. The van der Waals surface area contributed by atoms with Crippen molar-refractivity contribution in [2.24, 2.45) is 5.92 Å². The average molecular weight is 520 g/mol. The highest BCUT2D eigenvalue weighted by Gasteiger charge is 2.29. The van der Waals surface area contributed by atoms with Crippen LogP contribution in [0, 0.1) is 17.6 Å². The van der Waals surface area contributed by atoms with E-state index in [1.807, 2.05) is 18.7 Å². The van der Waals surface area contributed by atoms with E-state index in [0.717, 1.165) is 12.1 Å². The van der Waals surface area contributed by atoms with Crippen molar-refractivity contribution in [3.05, 3.63) is 59.2 Å². The molecule has 1 heterocycles. The number of rotatable bonds is 6. The van der Waals surface area contributed by atoms with Crippen LogP contribution in [0.3, 0.4) is 0 Å². The van der Waals surface area contributed by atoms with E-state index in [4.69, 9.17) is 14.2 Å². The van der Waals surface area contributed by atoms with Crippen LogP contribution in [-0.4, -0.2) is 81.3 Å². The van der Waals surface area contributed by atoms with E-state index in [2.05, 4.69) is 5.32 Å². The second kappa shape index (κ2) is 12.9. The SMILES string of the molecule is COCC(=O)Nc1ccc2c(c1)OC[C@@H](C)N(Cc1cc(F)ccc1F)C[C@@H](C)[C@H](OC)CN(C)C2=O. The summed E-state index contributed by atoms with van der Waals surface area (Å²) in [6, 6.07) is 8.03. The molecule has 10 heteroatoms. The Labute approximate surface area is 216 Å². The summed E-state index contributed by atoms with van der Waals surface area (Å²) < 4.78 is 45.1. The number of hydrogen-bond acceptors (Lipinski definition) is 6. The van der Waals surface area contributed by atoms with Crippen molar-refractivity contribution >= 4 is 17.5 Å². The number of carbonyl (C=O) groups is 2. The molecule has 2 amide bonds. The van der Waals surface area contributed by atoms with Gasteiger partial charge in [0.15, 0.2) is 0 Å². The van der Waals surface area contributed by atoms with Crippen molar-refractivity contribution in [3.8, 4) is 5.75 Å². The van der Waals surface area contributed by atoms with Gasteiger partial charge in [-0.3, -0.25) is 14.5 Å². The number of fused-ring (bicyclic) bond motifs is 1. The largest absolute Gasteiger partial charge is 0.491 e. The smallest absolute Gasteiger partial charge is 0.257 e. The number of methoxy groups -OCH3 is 2. The van der Waals surface area contributed by atoms with Crippen molar-refractivity contribution in [2.75, 3.05) is 52.9 Å². The maximum absolute atomic E-state index is 14.5. The molecule has 1 aliphatic heterocycles. The maximum atomic E-state index is 14.5. The number of halogens is 2. The first-order valence-corrected chi connectivity index (χ1v) is 12.1. The normalized spacial score (nSPS) is 21.4. The van der Waals surface area contributed by atoms with Gasteiger partial charge in [-0.25, -0.2) is 8.78 Å². The Bertz CT molecular complexity index is 1100. The standard InChI is InChI=1S/C27H35F2N3O5/c1-17-12-32(13-19-10-20(28)6-9-23(19)29)18(2)15-37-24-11-21(30-26(33)16-35-4)7-8-22(24)27(34)31(3)14-25(17)36-5/h6-11,17-18,25H,12-16H2,1-5H3,(H,30,33)/t17-,18-,25-/m1/s1. The van der Waals surface area contributed by atoms with Crippen LogP contribution in [0.4, 0.5) is 14.5 Å². The van der Waals surface area contributed by atoms with Crippen molar-refractivity contribution in [1.82, 2.24) is 9.80 Å². The first kappa shape index (κ1) is 28.5. The molecule has 1 aliphatic rings. The summed E-state index contributed by atoms with van der Waals surface area (Å²) in [4.78, 5) is 28.9. The van der Waals surface area contributed by atoms with Crippen LogP contribution in [0.15, 0.2) is 36.4 Å². The van der Waals surface area contributed by atoms with Gasteiger partial charge < -0.3 is 24.4 Å². The molecule has 0 fully saturated rings. The van der Waals surface area contributed by atoms with Gasteiger partial charge in [0, 0.05) is 64.3 Å². The number of nitrogens with zero attached hydrogens (tertiary/aromatic N) is 2. The number of ether oxygens (including phenoxy) is 3. The summed E-state index contributed by atoms with van der Waals surface area (Å²) in [6.07, 6.45) is -0.294. The lowest BCUT2D eigenvalue weighted by atomic mass is 10.0. The number of likely N-dealkylation sites (N-methyl/N-ethyl adjacent to an activating group) is 1. The Hall–Kier alpha value is -3.08. The summed E-state index contributed by atoms with van der Waals surface area (Å²) in [5.74, 6) is -1.30. The topological polar surface area (TPSA) is 80.3 Å². The highest BCUT2D eigenvalue weighted by atomic mass is 19.1. The molecule has 0 aromatic heterocycles. The van der Waals surface area contributed by atoms with Gasteiger partial charge in [-0.15, -0.1) is 0 Å². The Balaban J connectivity index is 1.95. The zero-order valence-corrected chi connectivity index (χ0v) is 21.9. The molecule has 2 aromatic carbocycles. The second-order valence-electron chi connectivity index (χ2n) is 9.45. The predicted octanol–water partition coefficient (Wildman–Crippen LogP) is 3.56. The first-order chi connectivity index (χ1) is 17.6. The van der Waals surface area contributed by atoms with Crippen molar-refractivity contribution in [3.63, 3.8) is 0 Å². The van der Waals surface area contributed by atoms with Crippen molar-refractivity contribution < 1.29 is 32.6 Å². The zero-order valence-electron chi connectivity index (χ0n) is 21.9. The molecule has 0 aliphatic carbocycles. The molecule has 8 nitrogen and oxygen atoms in total. The van der Waals surface area contributed by atoms with Crippen molar-refractivity contribution in [1.29, 1.82) is 0 Å². The van der Waals surface area contributed by atoms with Crippen molar-refractivity contribution in [2.45, 2.75) is 32.5 Å². The lowest BCUT2D eigenvalue weighted by molar-refractivity contribution is -0.119. The van der Waals surface area contributed by atoms with Gasteiger partial charge in [-0.1, -0.05) is 6.92 Å². The van der Waals surface area contributed by atoms with Gasteiger partial charge >= 0.3 is 0 Å². The first-order valence-electron chi connectivity index (χ1n) is 12.1. The molecule has 3 atom stereocenters. The zero-order chi connectivity index (χ0) is 27.1. The fraction of sp³-hybridized carbons (Fsp3) is 0.481. The Morgan fingerprint density at radius 2 is 1.89 bits per heavy atom. The Morgan fingerprint density at radius 1 is 1.14 bits per heavy atom. The highest BCUT2D eigenvalue weighted by Crippen LogP contribution is 2.27. The molecule has 0 saturated carbocycles. The lowest BCUT2D eigenvalue weighted by Crippen LogP contribution is -2.46. The van der Waals surface area contributed by atoms with Crippen LogP contribution in [0.5, 0.6) is 5.75 Å². The van der Waals surface area contributed by atoms with Gasteiger partial charge in [-0.2, -0.15) is 0 Å². The molecule has 0 bridgehead atoms. The quantitative estimate of drug-likeness (QED) is 0.629. The van der Waals surface area contributed by atoms with Crippen LogP contribution in [0.25, 0.3) is 0 Å². The van der Waals surface area contributed by atoms with Crippen LogP contribution < -0.4 is 10.1 Å². The molecule has 0 spiro atoms. The van der Waals surface area contributed by atoms with E-state index in [0.29, 0.717) is 30.1 Å². The van der Waals surface area contributed by atoms with E-state index in [-0.39, 0.29) is 55.2 Å². The van der Waals surface area contributed by atoms with Gasteiger partial charge in [-0.05, 0) is 43.2 Å². The minimum atomic E-state index is -0.505. The van der Waals surface area contributed by atoms with Crippen LogP contribution in [0.1, 0.15) is 29.8 Å². The average Bonchev–Trinajstić information content (AvgIpc) is 2.86. The molecule has 3 rings (SSSR count).